The molecule has 0 saturated heterocycles. The molecule has 1 aromatic carbocycles. The maximum Gasteiger partial charge on any atom is 0.321 e. The molecule has 0 spiro atoms. The zero-order valence-electron chi connectivity index (χ0n) is 16.6. The lowest BCUT2D eigenvalue weighted by Crippen LogP contribution is -2.62. The normalized spacial score (nSPS) is 32.0. The average Bonchev–Trinajstić information content (AvgIpc) is 2.51. The molecule has 27 heavy (non-hydrogen) atoms. The van der Waals surface area contributed by atoms with Gasteiger partial charge in [0.25, 0.3) is 0 Å². The highest BCUT2D eigenvalue weighted by Gasteiger charge is 2.51. The van der Waals surface area contributed by atoms with Crippen molar-refractivity contribution in [3.63, 3.8) is 0 Å². The predicted molar refractivity (Wildman–Crippen MR) is 107 cm³/mol. The summed E-state index contributed by atoms with van der Waals surface area (Å²) < 4.78 is 0. The van der Waals surface area contributed by atoms with Crippen molar-refractivity contribution in [2.75, 3.05) is 5.32 Å². The number of benzene rings is 1. The predicted octanol–water partition coefficient (Wildman–Crippen LogP) is 3.90. The van der Waals surface area contributed by atoms with E-state index >= 15 is 0 Å². The minimum atomic E-state index is -0.478. The van der Waals surface area contributed by atoms with Crippen molar-refractivity contribution in [1.82, 2.24) is 10.6 Å². The fourth-order valence-electron chi connectivity index (χ4n) is 6.13. The molecule has 4 saturated carbocycles. The van der Waals surface area contributed by atoms with E-state index in [0.717, 1.165) is 53.8 Å². The van der Waals surface area contributed by atoms with E-state index in [2.05, 4.69) is 22.0 Å². The van der Waals surface area contributed by atoms with Crippen LogP contribution in [0, 0.1) is 31.6 Å². The molecule has 0 aliphatic heterocycles. The molecule has 5 rings (SSSR count). The maximum absolute atomic E-state index is 12.5. The molecule has 3 amide bonds. The molecule has 146 valence electrons. The van der Waals surface area contributed by atoms with Gasteiger partial charge in [-0.2, -0.15) is 0 Å². The number of aryl methyl sites for hydroxylation is 2. The molecule has 4 aliphatic rings. The lowest BCUT2D eigenvalue weighted by Gasteiger charge is -2.56. The van der Waals surface area contributed by atoms with Gasteiger partial charge in [0.2, 0.25) is 5.91 Å². The van der Waals surface area contributed by atoms with Crippen molar-refractivity contribution in [2.24, 2.45) is 17.8 Å². The van der Waals surface area contributed by atoms with Gasteiger partial charge in [0.1, 0.15) is 6.04 Å². The minimum absolute atomic E-state index is 0.0799. The summed E-state index contributed by atoms with van der Waals surface area (Å²) in [6.45, 7) is 5.84. The van der Waals surface area contributed by atoms with E-state index in [1.807, 2.05) is 26.0 Å². The summed E-state index contributed by atoms with van der Waals surface area (Å²) in [5.41, 5.74) is 3.11. The van der Waals surface area contributed by atoms with Crippen LogP contribution in [0.3, 0.4) is 0 Å². The van der Waals surface area contributed by atoms with Crippen molar-refractivity contribution in [3.8, 4) is 0 Å². The van der Waals surface area contributed by atoms with Crippen LogP contribution in [0.25, 0.3) is 0 Å². The average molecular weight is 370 g/mol. The van der Waals surface area contributed by atoms with Crippen molar-refractivity contribution < 1.29 is 9.59 Å². The van der Waals surface area contributed by atoms with Gasteiger partial charge >= 0.3 is 6.03 Å². The number of nitrogens with one attached hydrogen (secondary N) is 3. The largest absolute Gasteiger partial charge is 0.374 e. The van der Waals surface area contributed by atoms with E-state index in [9.17, 15) is 9.59 Å². The van der Waals surface area contributed by atoms with Crippen molar-refractivity contribution >= 4 is 17.6 Å². The molecule has 4 aliphatic carbocycles. The van der Waals surface area contributed by atoms with Crippen LogP contribution >= 0.6 is 0 Å². The topological polar surface area (TPSA) is 70.2 Å². The Bertz CT molecular complexity index is 702. The van der Waals surface area contributed by atoms with E-state index in [1.165, 1.54) is 19.3 Å². The van der Waals surface area contributed by atoms with Gasteiger partial charge in [-0.05, 0) is 100 Å². The number of anilines is 1. The SMILES string of the molecule is Cc1cc(C)cc(NC(C)C(=O)NC(=O)NC23CC4CC(CC(C4)C2)C3)c1. The number of amides is 3. The number of carbonyl (C=O) groups is 2. The third-order valence-electron chi connectivity index (χ3n) is 6.65. The third-order valence-corrected chi connectivity index (χ3v) is 6.65. The molecule has 0 aromatic heterocycles. The highest BCUT2D eigenvalue weighted by atomic mass is 16.2. The van der Waals surface area contributed by atoms with Crippen LogP contribution in [0.1, 0.15) is 56.6 Å². The Labute approximate surface area is 161 Å². The van der Waals surface area contributed by atoms with E-state index in [4.69, 9.17) is 0 Å². The summed E-state index contributed by atoms with van der Waals surface area (Å²) in [4.78, 5) is 25.0. The van der Waals surface area contributed by atoms with E-state index in [1.54, 1.807) is 6.92 Å². The van der Waals surface area contributed by atoms with Gasteiger partial charge in [-0.25, -0.2) is 4.79 Å². The zero-order valence-corrected chi connectivity index (χ0v) is 16.6. The van der Waals surface area contributed by atoms with Crippen LogP contribution in [0.5, 0.6) is 0 Å². The lowest BCUT2D eigenvalue weighted by atomic mass is 9.53. The second-order valence-corrected chi connectivity index (χ2v) is 9.38. The molecule has 1 atom stereocenters. The fourth-order valence-corrected chi connectivity index (χ4v) is 6.13. The Morgan fingerprint density at radius 1 is 0.963 bits per heavy atom. The van der Waals surface area contributed by atoms with Gasteiger partial charge in [-0.15, -0.1) is 0 Å². The smallest absolute Gasteiger partial charge is 0.321 e. The Morgan fingerprint density at radius 2 is 1.48 bits per heavy atom. The summed E-state index contributed by atoms with van der Waals surface area (Å²) in [6, 6.07) is 5.29. The lowest BCUT2D eigenvalue weighted by molar-refractivity contribution is -0.120. The van der Waals surface area contributed by atoms with Crippen LogP contribution in [0.15, 0.2) is 18.2 Å². The second kappa shape index (κ2) is 6.84. The Morgan fingerprint density at radius 3 is 2.00 bits per heavy atom. The molecular formula is C22H31N3O2. The molecule has 0 radical (unpaired) electrons. The third kappa shape index (κ3) is 3.97. The van der Waals surface area contributed by atoms with Gasteiger partial charge in [-0.3, -0.25) is 10.1 Å². The van der Waals surface area contributed by atoms with E-state index in [-0.39, 0.29) is 17.5 Å². The van der Waals surface area contributed by atoms with E-state index < -0.39 is 6.04 Å². The molecule has 1 unspecified atom stereocenters. The highest BCUT2D eigenvalue weighted by Crippen LogP contribution is 2.55. The van der Waals surface area contributed by atoms with Crippen LogP contribution in [-0.4, -0.2) is 23.5 Å². The summed E-state index contributed by atoms with van der Waals surface area (Å²) >= 11 is 0. The van der Waals surface area contributed by atoms with Gasteiger partial charge < -0.3 is 10.6 Å². The van der Waals surface area contributed by atoms with Gasteiger partial charge in [-0.1, -0.05) is 6.07 Å². The number of hydrogen-bond donors (Lipinski definition) is 3. The Hall–Kier alpha value is -2.04. The van der Waals surface area contributed by atoms with Crippen LogP contribution < -0.4 is 16.0 Å². The summed E-state index contributed by atoms with van der Waals surface area (Å²) in [5, 5.41) is 8.94. The maximum atomic E-state index is 12.5. The molecule has 4 bridgehead atoms. The fraction of sp³-hybridized carbons (Fsp3) is 0.636. The molecular weight excluding hydrogens is 338 g/mol. The minimum Gasteiger partial charge on any atom is -0.374 e. The highest BCUT2D eigenvalue weighted by molar-refractivity contribution is 5.98. The first kappa shape index (κ1) is 18.3. The second-order valence-electron chi connectivity index (χ2n) is 9.38. The summed E-state index contributed by atoms with van der Waals surface area (Å²) in [6.07, 6.45) is 7.24. The Balaban J connectivity index is 1.33. The van der Waals surface area contributed by atoms with Gasteiger partial charge in [0.05, 0.1) is 0 Å². The monoisotopic (exact) mass is 369 g/mol. The number of rotatable bonds is 4. The first-order chi connectivity index (χ1) is 12.8. The number of imide groups is 1. The molecule has 3 N–H and O–H groups in total. The number of hydrogen-bond acceptors (Lipinski definition) is 3. The standard InChI is InChI=1S/C22H31N3O2/c1-13-4-14(2)6-19(5-13)23-15(3)20(26)24-21(27)25-22-10-16-7-17(11-22)9-18(8-16)12-22/h4-6,15-18,23H,7-12H2,1-3H3,(H2,24,25,26,27). The molecule has 1 aromatic rings. The molecule has 5 heteroatoms. The van der Waals surface area contributed by atoms with Crippen LogP contribution in [-0.2, 0) is 4.79 Å². The Kier molecular flexibility index (Phi) is 4.65. The summed E-state index contributed by atoms with van der Waals surface area (Å²) in [7, 11) is 0. The number of carbonyl (C=O) groups excluding carboxylic acids is 2. The van der Waals surface area contributed by atoms with Crippen molar-refractivity contribution in [1.29, 1.82) is 0 Å². The number of urea groups is 1. The molecule has 5 nitrogen and oxygen atoms in total. The molecule has 4 fully saturated rings. The summed E-state index contributed by atoms with van der Waals surface area (Å²) in [5.74, 6) is 1.99. The first-order valence-electron chi connectivity index (χ1n) is 10.3. The van der Waals surface area contributed by atoms with Gasteiger partial charge in [0.15, 0.2) is 0 Å². The van der Waals surface area contributed by atoms with Gasteiger partial charge in [0, 0.05) is 11.2 Å². The van der Waals surface area contributed by atoms with Crippen molar-refractivity contribution in [2.45, 2.75) is 70.9 Å². The van der Waals surface area contributed by atoms with E-state index in [0.29, 0.717) is 0 Å². The first-order valence-corrected chi connectivity index (χ1v) is 10.3. The zero-order chi connectivity index (χ0) is 19.2. The molecule has 0 heterocycles. The van der Waals surface area contributed by atoms with Crippen molar-refractivity contribution in [3.05, 3.63) is 29.3 Å². The van der Waals surface area contributed by atoms with Crippen LogP contribution in [0.4, 0.5) is 10.5 Å². The van der Waals surface area contributed by atoms with Crippen LogP contribution in [0.2, 0.25) is 0 Å². The quantitative estimate of drug-likeness (QED) is 0.754.